The summed E-state index contributed by atoms with van der Waals surface area (Å²) in [7, 11) is -4.72. The zero-order chi connectivity index (χ0) is 41.4. The third kappa shape index (κ3) is 38.6. The van der Waals surface area contributed by atoms with E-state index in [0.29, 0.717) is 12.8 Å². The molecular formula is C44H80NO10P. The van der Waals surface area contributed by atoms with E-state index in [2.05, 4.69) is 54.8 Å². The number of hydrogen-bond donors (Lipinski definition) is 3. The number of phosphoric ester groups is 1. The van der Waals surface area contributed by atoms with E-state index in [4.69, 9.17) is 24.8 Å². The molecule has 0 bridgehead atoms. The van der Waals surface area contributed by atoms with Crippen molar-refractivity contribution < 1.29 is 47.5 Å². The molecule has 0 amide bonds. The van der Waals surface area contributed by atoms with Crippen LogP contribution in [0.5, 0.6) is 0 Å². The Morgan fingerprint density at radius 1 is 0.554 bits per heavy atom. The number of aliphatic carboxylic acids is 1. The summed E-state index contributed by atoms with van der Waals surface area (Å²) in [5.74, 6) is -2.40. The Labute approximate surface area is 340 Å². The molecule has 0 rings (SSSR count). The molecule has 0 aliphatic heterocycles. The molecule has 0 spiro atoms. The molecule has 3 atom stereocenters. The molecule has 0 heterocycles. The number of phosphoric acid groups is 1. The topological polar surface area (TPSA) is 172 Å². The van der Waals surface area contributed by atoms with Crippen LogP contribution in [-0.2, 0) is 37.5 Å². The summed E-state index contributed by atoms with van der Waals surface area (Å²) >= 11 is 0. The van der Waals surface area contributed by atoms with Crippen molar-refractivity contribution in [2.24, 2.45) is 5.73 Å². The molecule has 0 aliphatic rings. The lowest BCUT2D eigenvalue weighted by Crippen LogP contribution is -2.34. The summed E-state index contributed by atoms with van der Waals surface area (Å²) in [5, 5.41) is 8.89. The smallest absolute Gasteiger partial charge is 0.472 e. The highest BCUT2D eigenvalue weighted by Crippen LogP contribution is 2.43. The van der Waals surface area contributed by atoms with Crippen LogP contribution in [0.2, 0.25) is 0 Å². The number of carboxylic acids is 1. The van der Waals surface area contributed by atoms with Crippen LogP contribution in [0.25, 0.3) is 0 Å². The van der Waals surface area contributed by atoms with Crippen LogP contribution in [0.1, 0.15) is 194 Å². The van der Waals surface area contributed by atoms with E-state index in [9.17, 15) is 23.8 Å². The van der Waals surface area contributed by atoms with E-state index in [1.54, 1.807) is 0 Å². The molecule has 0 radical (unpaired) electrons. The minimum absolute atomic E-state index is 0.150. The Bertz CT molecular complexity index is 1100. The molecule has 12 heteroatoms. The summed E-state index contributed by atoms with van der Waals surface area (Å²) in [6.07, 6.45) is 42.0. The number of carbonyl (C=O) groups is 3. The lowest BCUT2D eigenvalue weighted by Gasteiger charge is -2.20. The minimum atomic E-state index is -4.72. The van der Waals surface area contributed by atoms with Crippen LogP contribution in [0, 0.1) is 0 Å². The van der Waals surface area contributed by atoms with Gasteiger partial charge in [-0.05, 0) is 70.6 Å². The Morgan fingerprint density at radius 2 is 0.946 bits per heavy atom. The minimum Gasteiger partial charge on any atom is -0.480 e. The highest BCUT2D eigenvalue weighted by molar-refractivity contribution is 7.47. The summed E-state index contributed by atoms with van der Waals surface area (Å²) in [6.45, 7) is 2.76. The van der Waals surface area contributed by atoms with Crippen LogP contribution in [0.15, 0.2) is 36.5 Å². The number of carboxylic acid groups (broad SMARTS) is 1. The molecule has 4 N–H and O–H groups in total. The number of hydrogen-bond acceptors (Lipinski definition) is 9. The van der Waals surface area contributed by atoms with Crippen molar-refractivity contribution in [3.63, 3.8) is 0 Å². The lowest BCUT2D eigenvalue weighted by molar-refractivity contribution is -0.161. The Morgan fingerprint density at radius 3 is 1.45 bits per heavy atom. The molecular weight excluding hydrogens is 733 g/mol. The number of nitrogens with two attached hydrogens (primary N) is 1. The highest BCUT2D eigenvalue weighted by atomic mass is 31.2. The Balaban J connectivity index is 4.37. The molecule has 1 unspecified atom stereocenters. The van der Waals surface area contributed by atoms with Gasteiger partial charge < -0.3 is 25.2 Å². The van der Waals surface area contributed by atoms with Crippen molar-refractivity contribution in [3.05, 3.63) is 36.5 Å². The monoisotopic (exact) mass is 814 g/mol. The second kappa shape index (κ2) is 39.5. The summed E-state index contributed by atoms with van der Waals surface area (Å²) in [6, 6.07) is -1.52. The van der Waals surface area contributed by atoms with Crippen molar-refractivity contribution in [2.75, 3.05) is 19.8 Å². The third-order valence-corrected chi connectivity index (χ3v) is 10.3. The zero-order valence-electron chi connectivity index (χ0n) is 35.2. The number of carbonyl (C=O) groups excluding carboxylic acids is 2. The van der Waals surface area contributed by atoms with E-state index in [-0.39, 0.29) is 19.4 Å². The van der Waals surface area contributed by atoms with Crippen molar-refractivity contribution in [3.8, 4) is 0 Å². The lowest BCUT2D eigenvalue weighted by atomic mass is 10.1. The first kappa shape index (κ1) is 53.7. The van der Waals surface area contributed by atoms with E-state index in [1.165, 1.54) is 83.5 Å². The Kier molecular flexibility index (Phi) is 37.9. The maximum Gasteiger partial charge on any atom is 0.472 e. The van der Waals surface area contributed by atoms with Crippen molar-refractivity contribution in [1.82, 2.24) is 0 Å². The van der Waals surface area contributed by atoms with Crippen molar-refractivity contribution in [1.29, 1.82) is 0 Å². The van der Waals surface area contributed by atoms with Gasteiger partial charge in [0.05, 0.1) is 13.2 Å². The number of rotatable bonds is 41. The molecule has 56 heavy (non-hydrogen) atoms. The standard InChI is InChI=1S/C44H80NO10P/c1-3-5-7-9-11-13-15-17-19-20-22-23-25-27-29-31-33-35-42(46)52-37-40(38-53-56(50,51)54-39-41(45)44(48)49)55-43(47)36-34-32-30-28-26-24-21-18-16-14-12-10-8-6-4-2/h11,13,17-19,21,40-41H,3-10,12,14-16,20,22-39,45H2,1-2H3,(H,48,49)(H,50,51)/b13-11+,19-17+,21-18+/t40-,41+/m1/s1. The molecule has 0 aromatic heterocycles. The first-order valence-corrected chi connectivity index (χ1v) is 23.5. The normalized spacial score (nSPS) is 14.1. The fourth-order valence-corrected chi connectivity index (χ4v) is 6.63. The predicted octanol–water partition coefficient (Wildman–Crippen LogP) is 11.6. The van der Waals surface area contributed by atoms with E-state index in [1.807, 2.05) is 0 Å². The van der Waals surface area contributed by atoms with Gasteiger partial charge in [-0.25, -0.2) is 4.57 Å². The van der Waals surface area contributed by atoms with Gasteiger partial charge in [-0.15, -0.1) is 0 Å². The summed E-state index contributed by atoms with van der Waals surface area (Å²) < 4.78 is 32.7. The van der Waals surface area contributed by atoms with Gasteiger partial charge in [0.1, 0.15) is 12.6 Å². The second-order valence-corrected chi connectivity index (χ2v) is 16.3. The van der Waals surface area contributed by atoms with Gasteiger partial charge in [0.2, 0.25) is 0 Å². The summed E-state index contributed by atoms with van der Waals surface area (Å²) in [5.41, 5.74) is 5.33. The largest absolute Gasteiger partial charge is 0.480 e. The van der Waals surface area contributed by atoms with Crippen LogP contribution in [-0.4, -0.2) is 59.9 Å². The number of unbranched alkanes of at least 4 members (excludes halogenated alkanes) is 21. The van der Waals surface area contributed by atoms with Crippen LogP contribution < -0.4 is 5.73 Å². The van der Waals surface area contributed by atoms with E-state index in [0.717, 1.165) is 70.6 Å². The first-order chi connectivity index (χ1) is 27.1. The fourth-order valence-electron chi connectivity index (χ4n) is 5.85. The van der Waals surface area contributed by atoms with Crippen molar-refractivity contribution >= 4 is 25.7 Å². The van der Waals surface area contributed by atoms with E-state index >= 15 is 0 Å². The van der Waals surface area contributed by atoms with Crippen LogP contribution in [0.4, 0.5) is 0 Å². The van der Waals surface area contributed by atoms with Gasteiger partial charge in [-0.3, -0.25) is 23.4 Å². The van der Waals surface area contributed by atoms with Gasteiger partial charge in [0.15, 0.2) is 6.10 Å². The molecule has 11 nitrogen and oxygen atoms in total. The molecule has 0 saturated carbocycles. The molecule has 0 fully saturated rings. The van der Waals surface area contributed by atoms with E-state index < -0.39 is 51.1 Å². The quantitative estimate of drug-likeness (QED) is 0.0232. The Hall–Kier alpha value is -2.30. The fraction of sp³-hybridized carbons (Fsp3) is 0.795. The SMILES string of the molecule is CCCCC/C=C/C/C=C/CCCCCCCCCC(=O)OC[C@H](COP(=O)(O)OC[C@H](N)C(=O)O)OC(=O)CCCCCCC/C=C/CCCCCCCC. The molecule has 326 valence electrons. The number of ether oxygens (including phenoxy) is 2. The van der Waals surface area contributed by atoms with Crippen molar-refractivity contribution in [2.45, 2.75) is 206 Å². The maximum atomic E-state index is 12.6. The molecule has 0 aromatic carbocycles. The second-order valence-electron chi connectivity index (χ2n) is 14.8. The van der Waals surface area contributed by atoms with Gasteiger partial charge in [-0.1, -0.05) is 147 Å². The van der Waals surface area contributed by atoms with Gasteiger partial charge >= 0.3 is 25.7 Å². The third-order valence-electron chi connectivity index (χ3n) is 9.36. The molecule has 0 saturated heterocycles. The highest BCUT2D eigenvalue weighted by Gasteiger charge is 2.28. The summed E-state index contributed by atoms with van der Waals surface area (Å²) in [4.78, 5) is 45.9. The predicted molar refractivity (Wildman–Crippen MR) is 226 cm³/mol. The first-order valence-electron chi connectivity index (χ1n) is 22.0. The van der Waals surface area contributed by atoms with Gasteiger partial charge in [0.25, 0.3) is 0 Å². The average Bonchev–Trinajstić information content (AvgIpc) is 3.17. The maximum absolute atomic E-state index is 12.6. The molecule has 0 aliphatic carbocycles. The van der Waals surface area contributed by atoms with Gasteiger partial charge in [0, 0.05) is 12.8 Å². The van der Waals surface area contributed by atoms with Gasteiger partial charge in [-0.2, -0.15) is 0 Å². The molecule has 0 aromatic rings. The van der Waals surface area contributed by atoms with Crippen LogP contribution in [0.3, 0.4) is 0 Å². The average molecular weight is 814 g/mol. The zero-order valence-corrected chi connectivity index (χ0v) is 36.1. The number of esters is 2. The van der Waals surface area contributed by atoms with Crippen LogP contribution >= 0.6 is 7.82 Å². The number of allylic oxidation sites excluding steroid dienone is 6.